The molecule has 0 fully saturated rings. The predicted molar refractivity (Wildman–Crippen MR) is 48.0 cm³/mol. The molecule has 3 nitrogen and oxygen atoms in total. The Morgan fingerprint density at radius 3 is 2.91 bits per heavy atom. The summed E-state index contributed by atoms with van der Waals surface area (Å²) < 4.78 is 4.77. The van der Waals surface area contributed by atoms with Gasteiger partial charge in [0.1, 0.15) is 0 Å². The van der Waals surface area contributed by atoms with E-state index in [0.29, 0.717) is 13.2 Å². The topological polar surface area (TPSA) is 38.3 Å². The molecule has 0 aromatic heterocycles. The Balaban J connectivity index is 3.09. The minimum atomic E-state index is 0.0453. The minimum absolute atomic E-state index is 0.0453. The molecule has 0 rings (SSSR count). The van der Waals surface area contributed by atoms with Crippen molar-refractivity contribution in [2.24, 2.45) is 0 Å². The number of carbonyl (C=O) groups excluding carboxylic acids is 1. The van der Waals surface area contributed by atoms with Crippen LogP contribution in [0.1, 0.15) is 13.3 Å². The van der Waals surface area contributed by atoms with Gasteiger partial charge in [0.05, 0.1) is 6.61 Å². The van der Waals surface area contributed by atoms with Crippen LogP contribution in [0.3, 0.4) is 0 Å². The summed E-state index contributed by atoms with van der Waals surface area (Å²) in [5.41, 5.74) is 0. The predicted octanol–water partition coefficient (Wildman–Crippen LogP) is 1.49. The highest BCUT2D eigenvalue weighted by Crippen LogP contribution is 2.01. The molecule has 11 heavy (non-hydrogen) atoms. The molecule has 66 valence electrons. The molecule has 0 aliphatic carbocycles. The van der Waals surface area contributed by atoms with Crippen LogP contribution in [0.15, 0.2) is 0 Å². The Bertz CT molecular complexity index is 109. The van der Waals surface area contributed by atoms with E-state index in [-0.39, 0.29) is 5.24 Å². The second-order valence-corrected chi connectivity index (χ2v) is 3.12. The number of amides is 1. The van der Waals surface area contributed by atoms with Gasteiger partial charge in [-0.2, -0.15) is 0 Å². The van der Waals surface area contributed by atoms with Gasteiger partial charge < -0.3 is 10.1 Å². The fourth-order valence-electron chi connectivity index (χ4n) is 0.501. The Hall–Kier alpha value is -0.220. The normalized spacial score (nSPS) is 9.64. The maximum Gasteiger partial charge on any atom is 0.279 e. The van der Waals surface area contributed by atoms with Gasteiger partial charge >= 0.3 is 0 Å². The van der Waals surface area contributed by atoms with E-state index in [0.717, 1.165) is 12.2 Å². The van der Waals surface area contributed by atoms with Crippen LogP contribution >= 0.6 is 11.8 Å². The van der Waals surface area contributed by atoms with Crippen molar-refractivity contribution >= 4 is 17.0 Å². The number of ether oxygens (including phenoxy) is 1. The van der Waals surface area contributed by atoms with Crippen molar-refractivity contribution in [1.29, 1.82) is 0 Å². The number of carbonyl (C=O) groups is 1. The molecule has 0 bridgehead atoms. The molecule has 1 amide bonds. The SMILES string of the molecule is CCCSC(=O)NCCOC. The van der Waals surface area contributed by atoms with E-state index in [1.165, 1.54) is 11.8 Å². The Labute approximate surface area is 71.9 Å². The zero-order chi connectivity index (χ0) is 8.53. The van der Waals surface area contributed by atoms with Gasteiger partial charge in [0.25, 0.3) is 5.24 Å². The van der Waals surface area contributed by atoms with E-state index in [1.807, 2.05) is 0 Å². The van der Waals surface area contributed by atoms with Crippen molar-refractivity contribution in [3.05, 3.63) is 0 Å². The molecule has 0 heterocycles. The number of hydrogen-bond acceptors (Lipinski definition) is 3. The maximum atomic E-state index is 10.9. The zero-order valence-electron chi connectivity index (χ0n) is 7.05. The first kappa shape index (κ1) is 10.8. The zero-order valence-corrected chi connectivity index (χ0v) is 7.87. The summed E-state index contributed by atoms with van der Waals surface area (Å²) in [6, 6.07) is 0. The van der Waals surface area contributed by atoms with Gasteiger partial charge in [-0.25, -0.2) is 0 Å². The summed E-state index contributed by atoms with van der Waals surface area (Å²) in [6.07, 6.45) is 1.03. The first-order valence-electron chi connectivity index (χ1n) is 3.70. The van der Waals surface area contributed by atoms with Crippen molar-refractivity contribution in [3.63, 3.8) is 0 Å². The van der Waals surface area contributed by atoms with Gasteiger partial charge in [-0.15, -0.1) is 0 Å². The molecule has 0 aliphatic rings. The number of methoxy groups -OCH3 is 1. The lowest BCUT2D eigenvalue weighted by molar-refractivity contribution is 0.199. The van der Waals surface area contributed by atoms with Crippen LogP contribution in [0.5, 0.6) is 0 Å². The van der Waals surface area contributed by atoms with Gasteiger partial charge in [-0.05, 0) is 6.42 Å². The van der Waals surface area contributed by atoms with E-state index >= 15 is 0 Å². The molecule has 0 atom stereocenters. The van der Waals surface area contributed by atoms with E-state index in [4.69, 9.17) is 4.74 Å². The molecular weight excluding hydrogens is 162 g/mol. The standard InChI is InChI=1S/C7H15NO2S/c1-3-6-11-7(9)8-4-5-10-2/h3-6H2,1-2H3,(H,8,9). The monoisotopic (exact) mass is 177 g/mol. The molecule has 0 saturated carbocycles. The van der Waals surface area contributed by atoms with E-state index in [2.05, 4.69) is 12.2 Å². The lowest BCUT2D eigenvalue weighted by Crippen LogP contribution is -2.23. The molecule has 0 aromatic carbocycles. The highest BCUT2D eigenvalue weighted by Gasteiger charge is 1.97. The quantitative estimate of drug-likeness (QED) is 0.646. The van der Waals surface area contributed by atoms with E-state index < -0.39 is 0 Å². The maximum absolute atomic E-state index is 10.9. The van der Waals surface area contributed by atoms with Gasteiger partial charge in [0, 0.05) is 19.4 Å². The largest absolute Gasteiger partial charge is 0.383 e. The van der Waals surface area contributed by atoms with E-state index in [9.17, 15) is 4.79 Å². The van der Waals surface area contributed by atoms with Crippen molar-refractivity contribution in [3.8, 4) is 0 Å². The van der Waals surface area contributed by atoms with Gasteiger partial charge in [0.15, 0.2) is 0 Å². The second kappa shape index (κ2) is 7.88. The fourth-order valence-corrected chi connectivity index (χ4v) is 1.09. The third-order valence-electron chi connectivity index (χ3n) is 1.01. The van der Waals surface area contributed by atoms with Gasteiger partial charge in [-0.3, -0.25) is 4.79 Å². The second-order valence-electron chi connectivity index (χ2n) is 2.06. The summed E-state index contributed by atoms with van der Waals surface area (Å²) in [4.78, 5) is 10.9. The Morgan fingerprint density at radius 2 is 2.36 bits per heavy atom. The highest BCUT2D eigenvalue weighted by atomic mass is 32.2. The molecule has 0 spiro atoms. The van der Waals surface area contributed by atoms with Crippen LogP contribution in [0.2, 0.25) is 0 Å². The van der Waals surface area contributed by atoms with Crippen molar-refractivity contribution in [1.82, 2.24) is 5.32 Å². The summed E-state index contributed by atoms with van der Waals surface area (Å²) in [7, 11) is 1.62. The highest BCUT2D eigenvalue weighted by molar-refractivity contribution is 8.13. The summed E-state index contributed by atoms with van der Waals surface area (Å²) in [5.74, 6) is 0.888. The van der Waals surface area contributed by atoms with Crippen molar-refractivity contribution in [2.75, 3.05) is 26.0 Å². The van der Waals surface area contributed by atoms with Gasteiger partial charge in [0.2, 0.25) is 0 Å². The van der Waals surface area contributed by atoms with Crippen molar-refractivity contribution in [2.45, 2.75) is 13.3 Å². The third-order valence-corrected chi connectivity index (χ3v) is 2.03. The molecule has 0 aliphatic heterocycles. The fraction of sp³-hybridized carbons (Fsp3) is 0.857. The average Bonchev–Trinajstić information content (AvgIpc) is 2.01. The summed E-state index contributed by atoms with van der Waals surface area (Å²) in [6.45, 7) is 3.24. The van der Waals surface area contributed by atoms with Crippen molar-refractivity contribution < 1.29 is 9.53 Å². The van der Waals surface area contributed by atoms with E-state index in [1.54, 1.807) is 7.11 Å². The first-order chi connectivity index (χ1) is 5.31. The summed E-state index contributed by atoms with van der Waals surface area (Å²) >= 11 is 1.32. The number of nitrogens with one attached hydrogen (secondary N) is 1. The molecule has 1 N–H and O–H groups in total. The van der Waals surface area contributed by atoms with Crippen LogP contribution < -0.4 is 5.32 Å². The molecule has 0 unspecified atom stereocenters. The number of rotatable bonds is 5. The molecule has 0 saturated heterocycles. The summed E-state index contributed by atoms with van der Waals surface area (Å²) in [5, 5.41) is 2.76. The molecule has 4 heteroatoms. The number of thioether (sulfide) groups is 1. The lowest BCUT2D eigenvalue weighted by atomic mass is 10.6. The molecule has 0 radical (unpaired) electrons. The van der Waals surface area contributed by atoms with Crippen LogP contribution in [0, 0.1) is 0 Å². The Kier molecular flexibility index (Phi) is 7.72. The molecule has 0 aromatic rings. The first-order valence-corrected chi connectivity index (χ1v) is 4.69. The van der Waals surface area contributed by atoms with Crippen LogP contribution in [0.25, 0.3) is 0 Å². The molecular formula is C7H15NO2S. The van der Waals surface area contributed by atoms with Crippen LogP contribution in [-0.2, 0) is 4.74 Å². The Morgan fingerprint density at radius 1 is 1.64 bits per heavy atom. The van der Waals surface area contributed by atoms with Crippen LogP contribution in [-0.4, -0.2) is 31.3 Å². The van der Waals surface area contributed by atoms with Gasteiger partial charge in [-0.1, -0.05) is 18.7 Å². The smallest absolute Gasteiger partial charge is 0.279 e. The minimum Gasteiger partial charge on any atom is -0.383 e. The lowest BCUT2D eigenvalue weighted by Gasteiger charge is -2.01. The van der Waals surface area contributed by atoms with Crippen LogP contribution in [0.4, 0.5) is 4.79 Å². The third kappa shape index (κ3) is 7.68. The number of hydrogen-bond donors (Lipinski definition) is 1. The average molecular weight is 177 g/mol.